The Morgan fingerprint density at radius 3 is 2.71 bits per heavy atom. The first-order valence-electron chi connectivity index (χ1n) is 4.26. The Labute approximate surface area is 88.1 Å². The third-order valence-electron chi connectivity index (χ3n) is 1.98. The number of aryl methyl sites for hydroxylation is 1. The molecule has 0 N–H and O–H groups in total. The van der Waals surface area contributed by atoms with Crippen LogP contribution in [0.5, 0.6) is 0 Å². The van der Waals surface area contributed by atoms with E-state index in [2.05, 4.69) is 0 Å². The molecule has 0 bridgehead atoms. The number of hydrogen-bond acceptors (Lipinski definition) is 2. The third-order valence-corrected chi connectivity index (χ3v) is 2.29. The molecule has 1 aromatic rings. The van der Waals surface area contributed by atoms with Crippen LogP contribution in [-0.4, -0.2) is 5.78 Å². The summed E-state index contributed by atoms with van der Waals surface area (Å²) >= 11 is 5.90. The van der Waals surface area contributed by atoms with Gasteiger partial charge in [-0.25, -0.2) is 0 Å². The van der Waals surface area contributed by atoms with Gasteiger partial charge in [-0.15, -0.1) is 0 Å². The Balaban J connectivity index is 3.09. The van der Waals surface area contributed by atoms with Crippen LogP contribution in [0.15, 0.2) is 18.2 Å². The molecule has 0 saturated heterocycles. The second-order valence-corrected chi connectivity index (χ2v) is 3.61. The number of hydrogen-bond donors (Lipinski definition) is 0. The van der Waals surface area contributed by atoms with Crippen molar-refractivity contribution < 1.29 is 4.79 Å². The van der Waals surface area contributed by atoms with Crippen molar-refractivity contribution in [2.75, 3.05) is 0 Å². The molecule has 14 heavy (non-hydrogen) atoms. The quantitative estimate of drug-likeness (QED) is 0.700. The lowest BCUT2D eigenvalue weighted by Gasteiger charge is -2.05. The lowest BCUT2D eigenvalue weighted by Crippen LogP contribution is -2.09. The van der Waals surface area contributed by atoms with E-state index in [1.807, 2.05) is 19.1 Å². The minimum atomic E-state index is -0.643. The van der Waals surface area contributed by atoms with E-state index in [0.717, 1.165) is 5.56 Å². The normalized spacial score (nSPS) is 11.9. The van der Waals surface area contributed by atoms with Gasteiger partial charge in [-0.3, -0.25) is 4.79 Å². The SMILES string of the molecule is Cc1ccc(C(=O)C(C)C#N)c(Cl)c1. The molecule has 72 valence electrons. The molecule has 0 aliphatic rings. The molecular weight excluding hydrogens is 198 g/mol. The molecule has 0 saturated carbocycles. The van der Waals surface area contributed by atoms with Crippen molar-refractivity contribution in [1.82, 2.24) is 0 Å². The highest BCUT2D eigenvalue weighted by molar-refractivity contribution is 6.34. The van der Waals surface area contributed by atoms with Gasteiger partial charge in [0.1, 0.15) is 5.92 Å². The Kier molecular flexibility index (Phi) is 3.27. The zero-order valence-corrected chi connectivity index (χ0v) is 8.80. The van der Waals surface area contributed by atoms with Gasteiger partial charge in [0, 0.05) is 5.56 Å². The molecule has 1 atom stereocenters. The summed E-state index contributed by atoms with van der Waals surface area (Å²) in [5.41, 5.74) is 1.42. The van der Waals surface area contributed by atoms with Gasteiger partial charge in [-0.2, -0.15) is 5.26 Å². The maximum absolute atomic E-state index is 11.6. The highest BCUT2D eigenvalue weighted by Crippen LogP contribution is 2.20. The summed E-state index contributed by atoms with van der Waals surface area (Å²) in [5, 5.41) is 9.01. The molecule has 2 nitrogen and oxygen atoms in total. The number of rotatable bonds is 2. The number of carbonyl (C=O) groups excluding carboxylic acids is 1. The van der Waals surface area contributed by atoms with E-state index in [0.29, 0.717) is 10.6 Å². The summed E-state index contributed by atoms with van der Waals surface area (Å²) in [4.78, 5) is 11.6. The summed E-state index contributed by atoms with van der Waals surface area (Å²) in [6.45, 7) is 3.46. The van der Waals surface area contributed by atoms with E-state index < -0.39 is 5.92 Å². The lowest BCUT2D eigenvalue weighted by atomic mass is 10.00. The fourth-order valence-corrected chi connectivity index (χ4v) is 1.44. The van der Waals surface area contributed by atoms with Gasteiger partial charge >= 0.3 is 0 Å². The number of carbonyl (C=O) groups is 1. The van der Waals surface area contributed by atoms with Gasteiger partial charge in [-0.05, 0) is 31.5 Å². The van der Waals surface area contributed by atoms with Gasteiger partial charge in [0.25, 0.3) is 0 Å². The van der Waals surface area contributed by atoms with Crippen molar-refractivity contribution in [3.8, 4) is 6.07 Å². The van der Waals surface area contributed by atoms with Crippen molar-refractivity contribution in [1.29, 1.82) is 5.26 Å². The molecule has 1 aromatic carbocycles. The van der Waals surface area contributed by atoms with Crippen LogP contribution in [0.1, 0.15) is 22.8 Å². The van der Waals surface area contributed by atoms with Gasteiger partial charge < -0.3 is 0 Å². The highest BCUT2D eigenvalue weighted by atomic mass is 35.5. The molecule has 1 unspecified atom stereocenters. The van der Waals surface area contributed by atoms with Crippen LogP contribution in [0.4, 0.5) is 0 Å². The maximum atomic E-state index is 11.6. The number of Topliss-reactive ketones (excluding diaryl/α,β-unsaturated/α-hetero) is 1. The number of nitrogens with zero attached hydrogens (tertiary/aromatic N) is 1. The van der Waals surface area contributed by atoms with E-state index in [9.17, 15) is 4.79 Å². The molecule has 0 radical (unpaired) electrons. The van der Waals surface area contributed by atoms with E-state index in [-0.39, 0.29) is 5.78 Å². The summed E-state index contributed by atoms with van der Waals surface area (Å²) in [6.07, 6.45) is 0. The monoisotopic (exact) mass is 207 g/mol. The zero-order valence-electron chi connectivity index (χ0n) is 8.04. The number of ketones is 1. The van der Waals surface area contributed by atoms with E-state index in [1.165, 1.54) is 0 Å². The first-order valence-corrected chi connectivity index (χ1v) is 4.64. The molecule has 0 aromatic heterocycles. The second-order valence-electron chi connectivity index (χ2n) is 3.20. The standard InChI is InChI=1S/C11H10ClNO/c1-7-3-4-9(10(12)5-7)11(14)8(2)6-13/h3-5,8H,1-2H3. The number of benzene rings is 1. The number of halogens is 1. The van der Waals surface area contributed by atoms with E-state index >= 15 is 0 Å². The minimum Gasteiger partial charge on any atom is -0.293 e. The summed E-state index contributed by atoms with van der Waals surface area (Å²) in [6, 6.07) is 7.09. The topological polar surface area (TPSA) is 40.9 Å². The van der Waals surface area contributed by atoms with Crippen LogP contribution in [0.25, 0.3) is 0 Å². The highest BCUT2D eigenvalue weighted by Gasteiger charge is 2.16. The molecule has 0 amide bonds. The van der Waals surface area contributed by atoms with Crippen LogP contribution < -0.4 is 0 Å². The van der Waals surface area contributed by atoms with Gasteiger partial charge in [0.2, 0.25) is 0 Å². The predicted octanol–water partition coefficient (Wildman–Crippen LogP) is 2.99. The van der Waals surface area contributed by atoms with Crippen LogP contribution in [0.2, 0.25) is 5.02 Å². The molecule has 0 aliphatic carbocycles. The molecule has 0 aliphatic heterocycles. The van der Waals surface area contributed by atoms with Gasteiger partial charge in [0.05, 0.1) is 11.1 Å². The summed E-state index contributed by atoms with van der Waals surface area (Å²) in [7, 11) is 0. The Morgan fingerprint density at radius 1 is 1.57 bits per heavy atom. The van der Waals surface area contributed by atoms with Crippen LogP contribution in [0, 0.1) is 24.2 Å². The molecule has 0 fully saturated rings. The molecular formula is C11H10ClNO. The molecule has 0 heterocycles. The fraction of sp³-hybridized carbons (Fsp3) is 0.273. The lowest BCUT2D eigenvalue weighted by molar-refractivity contribution is 0.0956. The van der Waals surface area contributed by atoms with Gasteiger partial charge in [0.15, 0.2) is 5.78 Å². The first-order chi connectivity index (χ1) is 6.56. The predicted molar refractivity (Wildman–Crippen MR) is 55.3 cm³/mol. The van der Waals surface area contributed by atoms with Crippen LogP contribution >= 0.6 is 11.6 Å². The van der Waals surface area contributed by atoms with Crippen molar-refractivity contribution in [2.45, 2.75) is 13.8 Å². The largest absolute Gasteiger partial charge is 0.293 e. The first kappa shape index (κ1) is 10.7. The van der Waals surface area contributed by atoms with Crippen LogP contribution in [0.3, 0.4) is 0 Å². The Hall–Kier alpha value is -1.33. The molecule has 0 spiro atoms. The fourth-order valence-electron chi connectivity index (χ4n) is 1.11. The van der Waals surface area contributed by atoms with Crippen molar-refractivity contribution in [3.63, 3.8) is 0 Å². The average molecular weight is 208 g/mol. The molecule has 1 rings (SSSR count). The summed E-state index contributed by atoms with van der Waals surface area (Å²) < 4.78 is 0. The van der Waals surface area contributed by atoms with E-state index in [1.54, 1.807) is 19.1 Å². The summed E-state index contributed by atoms with van der Waals surface area (Å²) in [5.74, 6) is -0.868. The Bertz CT molecular complexity index is 406. The van der Waals surface area contributed by atoms with Crippen molar-refractivity contribution in [2.24, 2.45) is 5.92 Å². The second kappa shape index (κ2) is 4.26. The Morgan fingerprint density at radius 2 is 2.21 bits per heavy atom. The minimum absolute atomic E-state index is 0.225. The zero-order chi connectivity index (χ0) is 10.7. The maximum Gasteiger partial charge on any atom is 0.181 e. The number of nitriles is 1. The van der Waals surface area contributed by atoms with Crippen molar-refractivity contribution in [3.05, 3.63) is 34.3 Å². The average Bonchev–Trinajstić information content (AvgIpc) is 2.15. The van der Waals surface area contributed by atoms with Crippen LogP contribution in [-0.2, 0) is 0 Å². The van der Waals surface area contributed by atoms with Gasteiger partial charge in [-0.1, -0.05) is 17.7 Å². The smallest absolute Gasteiger partial charge is 0.181 e. The molecule has 3 heteroatoms. The van der Waals surface area contributed by atoms with Crippen molar-refractivity contribution >= 4 is 17.4 Å². The van der Waals surface area contributed by atoms with E-state index in [4.69, 9.17) is 16.9 Å². The third kappa shape index (κ3) is 2.12.